The molecule has 2 aliphatic heterocycles. The lowest BCUT2D eigenvalue weighted by Gasteiger charge is -2.47. The number of amides is 3. The fourth-order valence-electron chi connectivity index (χ4n) is 6.59. The number of nitrogens with one attached hydrogen (secondary N) is 3. The number of carbonyl (C=O) groups excluding carboxylic acids is 4. The van der Waals surface area contributed by atoms with Crippen LogP contribution >= 0.6 is 11.6 Å². The van der Waals surface area contributed by atoms with Crippen molar-refractivity contribution in [1.29, 1.82) is 0 Å². The number of hydrogen-bond acceptors (Lipinski definition) is 9. The topological polar surface area (TPSA) is 151 Å². The van der Waals surface area contributed by atoms with Crippen molar-refractivity contribution in [2.24, 2.45) is 0 Å². The number of rotatable bonds is 13. The van der Waals surface area contributed by atoms with Gasteiger partial charge in [0.1, 0.15) is 18.8 Å². The summed E-state index contributed by atoms with van der Waals surface area (Å²) in [6.45, 7) is 2.25. The Balaban J connectivity index is 1.17. The molecule has 3 aromatic carbocycles. The van der Waals surface area contributed by atoms with Crippen LogP contribution < -0.4 is 16.0 Å². The minimum Gasteiger partial charge on any atom is -0.467 e. The molecule has 5 rings (SSSR count). The summed E-state index contributed by atoms with van der Waals surface area (Å²) in [7, 11) is 1.26. The first-order valence-corrected chi connectivity index (χ1v) is 17.8. The van der Waals surface area contributed by atoms with Gasteiger partial charge in [0.15, 0.2) is 5.79 Å². The molecule has 0 aliphatic carbocycles. The third kappa shape index (κ3) is 11.3. The van der Waals surface area contributed by atoms with Crippen molar-refractivity contribution in [3.05, 3.63) is 82.9 Å². The number of alkyl carbamates (subject to hydrolysis) is 2. The summed E-state index contributed by atoms with van der Waals surface area (Å²) in [4.78, 5) is 50.0. The normalized spacial score (nSPS) is 22.1. The van der Waals surface area contributed by atoms with Crippen LogP contribution in [-0.4, -0.2) is 74.5 Å². The third-order valence-corrected chi connectivity index (χ3v) is 9.36. The van der Waals surface area contributed by atoms with Gasteiger partial charge in [-0.2, -0.15) is 0 Å². The summed E-state index contributed by atoms with van der Waals surface area (Å²) in [5.74, 6) is -1.98. The zero-order valence-electron chi connectivity index (χ0n) is 29.0. The predicted molar refractivity (Wildman–Crippen MR) is 190 cm³/mol. The van der Waals surface area contributed by atoms with Crippen LogP contribution in [0, 0.1) is 0 Å². The smallest absolute Gasteiger partial charge is 0.407 e. The number of halogens is 1. The molecular weight excluding hydrogens is 678 g/mol. The lowest BCUT2D eigenvalue weighted by Crippen LogP contribution is -2.53. The number of benzene rings is 3. The molecule has 51 heavy (non-hydrogen) atoms. The van der Waals surface area contributed by atoms with E-state index in [1.54, 1.807) is 19.1 Å². The van der Waals surface area contributed by atoms with Crippen LogP contribution in [0.5, 0.6) is 0 Å². The van der Waals surface area contributed by atoms with Gasteiger partial charge in [0.2, 0.25) is 5.91 Å². The molecule has 0 radical (unpaired) electrons. The monoisotopic (exact) mass is 723 g/mol. The second kappa shape index (κ2) is 18.2. The van der Waals surface area contributed by atoms with E-state index in [4.69, 9.17) is 35.3 Å². The lowest BCUT2D eigenvalue weighted by molar-refractivity contribution is -0.329. The van der Waals surface area contributed by atoms with Gasteiger partial charge in [-0.05, 0) is 66.6 Å². The van der Waals surface area contributed by atoms with Gasteiger partial charge in [0.25, 0.3) is 0 Å². The maximum Gasteiger partial charge on any atom is 0.407 e. The summed E-state index contributed by atoms with van der Waals surface area (Å²) in [6, 6.07) is 20.5. The van der Waals surface area contributed by atoms with Crippen LogP contribution in [0.4, 0.5) is 9.59 Å². The molecule has 2 heterocycles. The highest BCUT2D eigenvalue weighted by molar-refractivity contribution is 6.30. The second-order valence-electron chi connectivity index (χ2n) is 13.0. The van der Waals surface area contributed by atoms with Crippen LogP contribution in [0.2, 0.25) is 5.02 Å². The molecule has 3 amide bonds. The summed E-state index contributed by atoms with van der Waals surface area (Å²) >= 11 is 5.95. The summed E-state index contributed by atoms with van der Waals surface area (Å²) in [5.41, 5.74) is 2.00. The standard InChI is InChI=1S/C38H46ClN3O9/c1-25(35(44)47-2)42-34(43)17-16-30-21-32(49-37(46)41-23-28-9-5-8-27-7-3-4-11-33(27)28)22-38(50-30)19-6-10-31(51-38)24-48-36(45)40-20-18-26-12-14-29(39)15-13-26/h3-5,7-9,11-15,25,30-32H,6,10,16-24H2,1-2H3,(H,40,45)(H,41,46)(H,42,43)/t25-,30?,31?,32?,38?/m0/s1. The van der Waals surface area contributed by atoms with Gasteiger partial charge < -0.3 is 39.6 Å². The quantitative estimate of drug-likeness (QED) is 0.143. The molecule has 2 aliphatic rings. The minimum atomic E-state index is -1.10. The molecule has 13 heteroatoms. The Kier molecular flexibility index (Phi) is 13.5. The van der Waals surface area contributed by atoms with Crippen LogP contribution in [-0.2, 0) is 46.2 Å². The second-order valence-corrected chi connectivity index (χ2v) is 13.4. The van der Waals surface area contributed by atoms with Crippen LogP contribution in [0.1, 0.15) is 63.0 Å². The number of methoxy groups -OCH3 is 1. The Morgan fingerprint density at radius 1 is 0.961 bits per heavy atom. The fourth-order valence-corrected chi connectivity index (χ4v) is 6.72. The summed E-state index contributed by atoms with van der Waals surface area (Å²) < 4.78 is 29.1. The summed E-state index contributed by atoms with van der Waals surface area (Å²) in [6.07, 6.45) is 0.949. The van der Waals surface area contributed by atoms with Crippen molar-refractivity contribution in [2.45, 2.75) is 95.0 Å². The van der Waals surface area contributed by atoms with E-state index in [2.05, 4.69) is 16.0 Å². The molecule has 1 spiro atoms. The van der Waals surface area contributed by atoms with Crippen molar-refractivity contribution in [3.8, 4) is 0 Å². The van der Waals surface area contributed by atoms with E-state index in [-0.39, 0.29) is 31.9 Å². The van der Waals surface area contributed by atoms with E-state index in [9.17, 15) is 19.2 Å². The molecule has 0 saturated carbocycles. The molecule has 0 aromatic heterocycles. The molecule has 3 aromatic rings. The van der Waals surface area contributed by atoms with Crippen LogP contribution in [0.15, 0.2) is 66.7 Å². The Morgan fingerprint density at radius 3 is 2.53 bits per heavy atom. The van der Waals surface area contributed by atoms with Crippen molar-refractivity contribution >= 4 is 46.4 Å². The van der Waals surface area contributed by atoms with Gasteiger partial charge in [0.05, 0.1) is 19.3 Å². The van der Waals surface area contributed by atoms with E-state index in [1.165, 1.54) is 7.11 Å². The number of ether oxygens (including phenoxy) is 5. The first-order valence-electron chi connectivity index (χ1n) is 17.4. The van der Waals surface area contributed by atoms with Crippen molar-refractivity contribution in [1.82, 2.24) is 16.0 Å². The van der Waals surface area contributed by atoms with Gasteiger partial charge in [0, 0.05) is 43.8 Å². The average Bonchev–Trinajstić information content (AvgIpc) is 3.12. The highest BCUT2D eigenvalue weighted by atomic mass is 35.5. The molecule has 274 valence electrons. The number of fused-ring (bicyclic) bond motifs is 1. The van der Waals surface area contributed by atoms with Gasteiger partial charge in [-0.15, -0.1) is 0 Å². The Labute approximate surface area is 302 Å². The van der Waals surface area contributed by atoms with E-state index in [0.717, 1.165) is 28.3 Å². The third-order valence-electron chi connectivity index (χ3n) is 9.11. The lowest BCUT2D eigenvalue weighted by atomic mass is 9.90. The molecule has 4 unspecified atom stereocenters. The van der Waals surface area contributed by atoms with Crippen molar-refractivity contribution < 1.29 is 42.9 Å². The van der Waals surface area contributed by atoms with E-state index in [0.29, 0.717) is 43.7 Å². The Morgan fingerprint density at radius 2 is 1.73 bits per heavy atom. The molecule has 2 fully saturated rings. The SMILES string of the molecule is COC(=O)[C@H](C)NC(=O)CCC1CC(OC(=O)NCc2cccc3ccccc23)CC2(CCCC(COC(=O)NCCc3ccc(Cl)cc3)O2)O1. The molecular formula is C38H46ClN3O9. The van der Waals surface area contributed by atoms with Gasteiger partial charge >= 0.3 is 18.2 Å². The maximum atomic E-state index is 13.1. The maximum absolute atomic E-state index is 13.1. The zero-order valence-corrected chi connectivity index (χ0v) is 29.7. The number of carbonyl (C=O) groups is 4. The van der Waals surface area contributed by atoms with E-state index >= 15 is 0 Å². The Hall–Kier alpha value is -4.39. The fraction of sp³-hybridized carbons (Fsp3) is 0.474. The van der Waals surface area contributed by atoms with Gasteiger partial charge in [-0.25, -0.2) is 14.4 Å². The molecule has 3 N–H and O–H groups in total. The van der Waals surface area contributed by atoms with Gasteiger partial charge in [-0.1, -0.05) is 66.2 Å². The van der Waals surface area contributed by atoms with E-state index in [1.807, 2.05) is 54.6 Å². The summed E-state index contributed by atoms with van der Waals surface area (Å²) in [5, 5.41) is 11.1. The van der Waals surface area contributed by atoms with Crippen LogP contribution in [0.25, 0.3) is 10.8 Å². The minimum absolute atomic E-state index is 0.0212. The zero-order chi connectivity index (χ0) is 36.2. The number of hydrogen-bond donors (Lipinski definition) is 3. The molecule has 12 nitrogen and oxygen atoms in total. The van der Waals surface area contributed by atoms with E-state index < -0.39 is 48.3 Å². The van der Waals surface area contributed by atoms with Gasteiger partial charge in [-0.3, -0.25) is 4.79 Å². The molecule has 2 saturated heterocycles. The molecule has 0 bridgehead atoms. The number of esters is 1. The van der Waals surface area contributed by atoms with Crippen molar-refractivity contribution in [2.75, 3.05) is 20.3 Å². The largest absolute Gasteiger partial charge is 0.467 e. The Bertz CT molecular complexity index is 1650. The first kappa shape index (κ1) is 37.9. The highest BCUT2D eigenvalue weighted by Crippen LogP contribution is 2.41. The van der Waals surface area contributed by atoms with Crippen LogP contribution in [0.3, 0.4) is 0 Å². The predicted octanol–water partition coefficient (Wildman–Crippen LogP) is 5.96. The molecule has 5 atom stereocenters. The average molecular weight is 724 g/mol. The highest BCUT2D eigenvalue weighted by Gasteiger charge is 2.47. The van der Waals surface area contributed by atoms with Crippen molar-refractivity contribution in [3.63, 3.8) is 0 Å². The first-order chi connectivity index (χ1) is 24.6.